The van der Waals surface area contributed by atoms with Crippen LogP contribution in [0.1, 0.15) is 15.9 Å². The van der Waals surface area contributed by atoms with Gasteiger partial charge in [-0.2, -0.15) is 0 Å². The molecule has 28 heavy (non-hydrogen) atoms. The molecule has 0 aromatic heterocycles. The van der Waals surface area contributed by atoms with E-state index in [4.69, 9.17) is 25.8 Å². The summed E-state index contributed by atoms with van der Waals surface area (Å²) in [6.45, 7) is 0.342. The minimum absolute atomic E-state index is 0.301. The molecule has 0 aliphatic rings. The van der Waals surface area contributed by atoms with Crippen molar-refractivity contribution >= 4 is 23.2 Å². The van der Waals surface area contributed by atoms with Crippen molar-refractivity contribution < 1.29 is 19.0 Å². The number of carbonyl (C=O) groups excluding carboxylic acids is 1. The van der Waals surface area contributed by atoms with Crippen molar-refractivity contribution in [2.75, 3.05) is 19.5 Å². The van der Waals surface area contributed by atoms with E-state index in [1.165, 1.54) is 7.11 Å². The van der Waals surface area contributed by atoms with Crippen LogP contribution in [0.3, 0.4) is 0 Å². The summed E-state index contributed by atoms with van der Waals surface area (Å²) >= 11 is 6.36. The lowest BCUT2D eigenvalue weighted by Crippen LogP contribution is -2.12. The highest BCUT2D eigenvalue weighted by Crippen LogP contribution is 2.37. The monoisotopic (exact) mass is 397 g/mol. The Hall–Kier alpha value is -3.18. The van der Waals surface area contributed by atoms with Crippen LogP contribution < -0.4 is 19.5 Å². The molecule has 6 heteroatoms. The van der Waals surface area contributed by atoms with Crippen molar-refractivity contribution in [1.82, 2.24) is 0 Å². The van der Waals surface area contributed by atoms with Gasteiger partial charge in [0.2, 0.25) is 0 Å². The number of hydrogen-bond donors (Lipinski definition) is 1. The predicted molar refractivity (Wildman–Crippen MR) is 110 cm³/mol. The first-order chi connectivity index (χ1) is 13.6. The van der Waals surface area contributed by atoms with Crippen LogP contribution in [-0.2, 0) is 6.61 Å². The second kappa shape index (κ2) is 9.15. The third kappa shape index (κ3) is 4.75. The third-order valence-corrected chi connectivity index (χ3v) is 4.35. The van der Waals surface area contributed by atoms with Gasteiger partial charge in [0.1, 0.15) is 12.4 Å². The lowest BCUT2D eigenvalue weighted by atomic mass is 10.1. The highest BCUT2D eigenvalue weighted by molar-refractivity contribution is 6.32. The molecule has 3 aromatic carbocycles. The summed E-state index contributed by atoms with van der Waals surface area (Å²) in [6.07, 6.45) is 0. The minimum Gasteiger partial charge on any atom is -0.497 e. The van der Waals surface area contributed by atoms with E-state index in [-0.39, 0.29) is 5.91 Å². The zero-order valence-electron chi connectivity index (χ0n) is 15.6. The van der Waals surface area contributed by atoms with Crippen LogP contribution in [0.15, 0.2) is 66.7 Å². The molecule has 3 rings (SSSR count). The summed E-state index contributed by atoms with van der Waals surface area (Å²) in [6, 6.07) is 19.9. The van der Waals surface area contributed by atoms with Gasteiger partial charge in [-0.25, -0.2) is 0 Å². The van der Waals surface area contributed by atoms with Gasteiger partial charge in [-0.05, 0) is 42.0 Å². The van der Waals surface area contributed by atoms with E-state index in [1.807, 2.05) is 30.3 Å². The minimum atomic E-state index is -0.306. The first kappa shape index (κ1) is 19.6. The van der Waals surface area contributed by atoms with Gasteiger partial charge in [0, 0.05) is 11.3 Å². The highest BCUT2D eigenvalue weighted by Gasteiger charge is 2.16. The number of anilines is 1. The maximum Gasteiger partial charge on any atom is 0.255 e. The Balaban J connectivity index is 1.76. The van der Waals surface area contributed by atoms with Gasteiger partial charge in [0.05, 0.1) is 19.2 Å². The quantitative estimate of drug-likeness (QED) is 0.596. The topological polar surface area (TPSA) is 56.8 Å². The van der Waals surface area contributed by atoms with E-state index < -0.39 is 0 Å². The molecule has 1 amide bonds. The molecule has 5 nitrogen and oxygen atoms in total. The molecule has 0 unspecified atom stereocenters. The molecule has 144 valence electrons. The molecular formula is C22H20ClNO4. The van der Waals surface area contributed by atoms with Crippen LogP contribution >= 0.6 is 11.6 Å². The van der Waals surface area contributed by atoms with Crippen LogP contribution in [0, 0.1) is 0 Å². The van der Waals surface area contributed by atoms with Crippen molar-refractivity contribution in [3.8, 4) is 17.2 Å². The molecular weight excluding hydrogens is 378 g/mol. The molecule has 0 atom stereocenters. The average Bonchev–Trinajstić information content (AvgIpc) is 2.73. The number of rotatable bonds is 7. The van der Waals surface area contributed by atoms with Gasteiger partial charge >= 0.3 is 0 Å². The maximum absolute atomic E-state index is 12.6. The first-order valence-electron chi connectivity index (χ1n) is 8.60. The standard InChI is InChI=1S/C22H20ClNO4/c1-26-18-10-8-17(9-11-18)24-22(25)16-12-19(23)21(20(13-16)27-2)28-14-15-6-4-3-5-7-15/h3-13H,14H2,1-2H3,(H,24,25). The molecule has 0 fully saturated rings. The van der Waals surface area contributed by atoms with Crippen LogP contribution in [0.5, 0.6) is 17.2 Å². The van der Waals surface area contributed by atoms with E-state index in [9.17, 15) is 4.79 Å². The molecule has 3 aromatic rings. The Labute approximate surface area is 168 Å². The fraction of sp³-hybridized carbons (Fsp3) is 0.136. The Morgan fingerprint density at radius 2 is 1.68 bits per heavy atom. The number of ether oxygens (including phenoxy) is 3. The Morgan fingerprint density at radius 3 is 2.32 bits per heavy atom. The molecule has 0 radical (unpaired) electrons. The van der Waals surface area contributed by atoms with Crippen molar-refractivity contribution in [2.24, 2.45) is 0 Å². The summed E-state index contributed by atoms with van der Waals surface area (Å²) in [4.78, 5) is 12.6. The highest BCUT2D eigenvalue weighted by atomic mass is 35.5. The van der Waals surface area contributed by atoms with E-state index in [1.54, 1.807) is 43.5 Å². The number of nitrogens with one attached hydrogen (secondary N) is 1. The molecule has 0 aliphatic carbocycles. The molecule has 0 saturated carbocycles. The summed E-state index contributed by atoms with van der Waals surface area (Å²) in [7, 11) is 3.09. The second-order valence-corrected chi connectivity index (χ2v) is 6.35. The SMILES string of the molecule is COc1ccc(NC(=O)c2cc(Cl)c(OCc3ccccc3)c(OC)c2)cc1. The molecule has 0 saturated heterocycles. The smallest absolute Gasteiger partial charge is 0.255 e. The third-order valence-electron chi connectivity index (χ3n) is 4.07. The second-order valence-electron chi connectivity index (χ2n) is 5.95. The Kier molecular flexibility index (Phi) is 6.40. The van der Waals surface area contributed by atoms with E-state index >= 15 is 0 Å². The number of hydrogen-bond acceptors (Lipinski definition) is 4. The van der Waals surface area contributed by atoms with E-state index in [2.05, 4.69) is 5.32 Å². The predicted octanol–water partition coefficient (Wildman–Crippen LogP) is 5.19. The molecule has 0 bridgehead atoms. The molecule has 0 spiro atoms. The normalized spacial score (nSPS) is 10.2. The maximum atomic E-state index is 12.6. The van der Waals surface area contributed by atoms with Crippen molar-refractivity contribution in [2.45, 2.75) is 6.61 Å². The Morgan fingerprint density at radius 1 is 0.964 bits per heavy atom. The number of halogens is 1. The largest absolute Gasteiger partial charge is 0.497 e. The van der Waals surface area contributed by atoms with Crippen LogP contribution in [-0.4, -0.2) is 20.1 Å². The fourth-order valence-electron chi connectivity index (χ4n) is 2.60. The zero-order valence-corrected chi connectivity index (χ0v) is 16.3. The van der Waals surface area contributed by atoms with Crippen LogP contribution in [0.4, 0.5) is 5.69 Å². The number of amides is 1. The van der Waals surface area contributed by atoms with Gasteiger partial charge in [-0.15, -0.1) is 0 Å². The molecule has 0 heterocycles. The van der Waals surface area contributed by atoms with Gasteiger partial charge in [-0.1, -0.05) is 41.9 Å². The summed E-state index contributed by atoms with van der Waals surface area (Å²) in [5.41, 5.74) is 2.01. The van der Waals surface area contributed by atoms with Gasteiger partial charge in [-0.3, -0.25) is 4.79 Å². The lowest BCUT2D eigenvalue weighted by molar-refractivity contribution is 0.102. The van der Waals surface area contributed by atoms with Crippen molar-refractivity contribution in [3.05, 3.63) is 82.9 Å². The summed E-state index contributed by atoms with van der Waals surface area (Å²) in [5.74, 6) is 1.19. The zero-order chi connectivity index (χ0) is 19.9. The van der Waals surface area contributed by atoms with E-state index in [0.29, 0.717) is 40.1 Å². The first-order valence-corrected chi connectivity index (χ1v) is 8.98. The van der Waals surface area contributed by atoms with Crippen molar-refractivity contribution in [3.63, 3.8) is 0 Å². The molecule has 0 aliphatic heterocycles. The fourth-order valence-corrected chi connectivity index (χ4v) is 2.86. The van der Waals surface area contributed by atoms with Gasteiger partial charge in [0.25, 0.3) is 5.91 Å². The number of benzene rings is 3. The number of carbonyl (C=O) groups is 1. The number of methoxy groups -OCH3 is 2. The van der Waals surface area contributed by atoms with Crippen molar-refractivity contribution in [1.29, 1.82) is 0 Å². The van der Waals surface area contributed by atoms with Gasteiger partial charge < -0.3 is 19.5 Å². The molecule has 1 N–H and O–H groups in total. The summed E-state index contributed by atoms with van der Waals surface area (Å²) in [5, 5.41) is 3.12. The van der Waals surface area contributed by atoms with Crippen LogP contribution in [0.2, 0.25) is 5.02 Å². The average molecular weight is 398 g/mol. The summed E-state index contributed by atoms with van der Waals surface area (Å²) < 4.78 is 16.3. The van der Waals surface area contributed by atoms with E-state index in [0.717, 1.165) is 5.56 Å². The lowest BCUT2D eigenvalue weighted by Gasteiger charge is -2.14. The Bertz CT molecular complexity index is 943. The van der Waals surface area contributed by atoms with Crippen LogP contribution in [0.25, 0.3) is 0 Å². The van der Waals surface area contributed by atoms with Gasteiger partial charge in [0.15, 0.2) is 11.5 Å².